The molecule has 8 nitrogen and oxygen atoms in total. The minimum absolute atomic E-state index is 0.0979. The molecule has 0 spiro atoms. The lowest BCUT2D eigenvalue weighted by Crippen LogP contribution is -2.35. The van der Waals surface area contributed by atoms with Crippen LogP contribution in [0.25, 0.3) is 11.1 Å². The van der Waals surface area contributed by atoms with E-state index in [0.29, 0.717) is 35.8 Å². The fraction of sp³-hybridized carbons (Fsp3) is 0.242. The maximum absolute atomic E-state index is 13.7. The second-order valence-corrected chi connectivity index (χ2v) is 10.5. The topological polar surface area (TPSA) is 105 Å². The predicted octanol–water partition coefficient (Wildman–Crippen LogP) is 5.95. The zero-order chi connectivity index (χ0) is 28.4. The molecule has 4 aromatic rings. The Bertz CT molecular complexity index is 1610. The van der Waals surface area contributed by atoms with Crippen LogP contribution < -0.4 is 10.2 Å². The molecule has 3 aromatic carbocycles. The Morgan fingerprint density at radius 2 is 1.90 bits per heavy atom. The third-order valence-electron chi connectivity index (χ3n) is 7.64. The SMILES string of the molecule is CC(Nc1ccc(C2(OC3CCN(c4nc5ccccc5o4)C3)C=CC=CC2)cc1C(=O)c1ccccc1)C(=O)O. The Kier molecular flexibility index (Phi) is 7.15. The molecule has 1 aromatic heterocycles. The quantitative estimate of drug-likeness (QED) is 0.247. The molecule has 0 saturated carbocycles. The van der Waals surface area contributed by atoms with Crippen molar-refractivity contribution < 1.29 is 23.8 Å². The average molecular weight is 550 g/mol. The normalized spacial score (nSPS) is 20.8. The van der Waals surface area contributed by atoms with Crippen LogP contribution in [0.15, 0.2) is 102 Å². The second kappa shape index (κ2) is 11.1. The number of hydrogen-bond donors (Lipinski definition) is 2. The number of para-hydroxylation sites is 2. The number of oxazole rings is 1. The van der Waals surface area contributed by atoms with Gasteiger partial charge >= 0.3 is 5.97 Å². The molecule has 3 unspecified atom stereocenters. The summed E-state index contributed by atoms with van der Waals surface area (Å²) >= 11 is 0. The number of nitrogens with one attached hydrogen (secondary N) is 1. The summed E-state index contributed by atoms with van der Waals surface area (Å²) in [6.45, 7) is 2.92. The number of nitrogens with zero attached hydrogens (tertiary/aromatic N) is 2. The first kappa shape index (κ1) is 26.5. The van der Waals surface area contributed by atoms with Crippen LogP contribution in [-0.4, -0.2) is 47.1 Å². The van der Waals surface area contributed by atoms with Gasteiger partial charge in [-0.1, -0.05) is 66.8 Å². The van der Waals surface area contributed by atoms with Gasteiger partial charge in [-0.2, -0.15) is 4.98 Å². The van der Waals surface area contributed by atoms with Crippen LogP contribution in [0.3, 0.4) is 0 Å². The number of aliphatic carboxylic acids is 1. The van der Waals surface area contributed by atoms with Gasteiger partial charge in [0.25, 0.3) is 6.01 Å². The highest BCUT2D eigenvalue weighted by molar-refractivity contribution is 6.12. The van der Waals surface area contributed by atoms with Gasteiger partial charge in [-0.15, -0.1) is 0 Å². The number of carbonyl (C=O) groups is 2. The van der Waals surface area contributed by atoms with Gasteiger partial charge in [-0.05, 0) is 49.2 Å². The molecule has 8 heteroatoms. The van der Waals surface area contributed by atoms with Gasteiger partial charge in [0.1, 0.15) is 17.2 Å². The van der Waals surface area contributed by atoms with Crippen LogP contribution in [0.1, 0.15) is 41.3 Å². The summed E-state index contributed by atoms with van der Waals surface area (Å²) in [5, 5.41) is 12.5. The molecule has 208 valence electrons. The van der Waals surface area contributed by atoms with Crippen molar-refractivity contribution in [2.24, 2.45) is 0 Å². The van der Waals surface area contributed by atoms with E-state index in [4.69, 9.17) is 9.15 Å². The number of fused-ring (bicyclic) bond motifs is 1. The maximum atomic E-state index is 13.7. The van der Waals surface area contributed by atoms with E-state index in [1.165, 1.54) is 0 Å². The molecule has 1 aliphatic carbocycles. The highest BCUT2D eigenvalue weighted by Gasteiger charge is 2.38. The van der Waals surface area contributed by atoms with Crippen LogP contribution in [0.5, 0.6) is 0 Å². The van der Waals surface area contributed by atoms with Gasteiger partial charge in [0, 0.05) is 36.3 Å². The highest BCUT2D eigenvalue weighted by atomic mass is 16.5. The molecule has 0 radical (unpaired) electrons. The number of benzene rings is 3. The Balaban J connectivity index is 1.31. The number of rotatable bonds is 9. The first-order valence-corrected chi connectivity index (χ1v) is 13.8. The summed E-state index contributed by atoms with van der Waals surface area (Å²) in [6, 6.07) is 22.0. The van der Waals surface area contributed by atoms with E-state index in [1.54, 1.807) is 25.1 Å². The van der Waals surface area contributed by atoms with Crippen molar-refractivity contribution in [1.82, 2.24) is 4.98 Å². The van der Waals surface area contributed by atoms with E-state index in [1.807, 2.05) is 72.8 Å². The van der Waals surface area contributed by atoms with Gasteiger partial charge in [0.2, 0.25) is 0 Å². The van der Waals surface area contributed by atoms with Crippen LogP contribution in [0.2, 0.25) is 0 Å². The molecule has 3 atom stereocenters. The lowest BCUT2D eigenvalue weighted by Gasteiger charge is -2.35. The van der Waals surface area contributed by atoms with Crippen LogP contribution in [0.4, 0.5) is 11.7 Å². The lowest BCUT2D eigenvalue weighted by molar-refractivity contribution is -0.137. The van der Waals surface area contributed by atoms with E-state index in [0.717, 1.165) is 29.6 Å². The first-order chi connectivity index (χ1) is 19.9. The molecular weight excluding hydrogens is 518 g/mol. The van der Waals surface area contributed by atoms with Gasteiger partial charge in [0.05, 0.1) is 6.10 Å². The molecule has 2 heterocycles. The summed E-state index contributed by atoms with van der Waals surface area (Å²) in [5.41, 5.74) is 2.99. The van der Waals surface area contributed by atoms with Crippen molar-refractivity contribution in [3.05, 3.63) is 114 Å². The second-order valence-electron chi connectivity index (χ2n) is 10.5. The van der Waals surface area contributed by atoms with Gasteiger partial charge in [0.15, 0.2) is 11.4 Å². The zero-order valence-corrected chi connectivity index (χ0v) is 22.7. The van der Waals surface area contributed by atoms with E-state index < -0.39 is 17.6 Å². The monoisotopic (exact) mass is 549 g/mol. The molecule has 1 fully saturated rings. The van der Waals surface area contributed by atoms with E-state index in [9.17, 15) is 14.7 Å². The average Bonchev–Trinajstić information content (AvgIpc) is 3.65. The summed E-state index contributed by atoms with van der Waals surface area (Å²) in [4.78, 5) is 32.0. The number of aromatic nitrogens is 1. The molecule has 6 rings (SSSR count). The van der Waals surface area contributed by atoms with Gasteiger partial charge in [-0.3, -0.25) is 9.59 Å². The number of anilines is 2. The van der Waals surface area contributed by atoms with E-state index in [2.05, 4.69) is 21.3 Å². The van der Waals surface area contributed by atoms with Crippen molar-refractivity contribution in [2.45, 2.75) is 37.5 Å². The van der Waals surface area contributed by atoms with Crippen molar-refractivity contribution in [2.75, 3.05) is 23.3 Å². The fourth-order valence-electron chi connectivity index (χ4n) is 5.42. The number of ketones is 1. The number of allylic oxidation sites excluding steroid dienone is 2. The number of carboxylic acid groups (broad SMARTS) is 1. The first-order valence-electron chi connectivity index (χ1n) is 13.8. The van der Waals surface area contributed by atoms with E-state index >= 15 is 0 Å². The third-order valence-corrected chi connectivity index (χ3v) is 7.64. The lowest BCUT2D eigenvalue weighted by atomic mass is 9.84. The zero-order valence-electron chi connectivity index (χ0n) is 22.7. The van der Waals surface area contributed by atoms with Gasteiger partial charge in [-0.25, -0.2) is 0 Å². The smallest absolute Gasteiger partial charge is 0.325 e. The number of hydrogen-bond acceptors (Lipinski definition) is 7. The van der Waals surface area contributed by atoms with Crippen LogP contribution >= 0.6 is 0 Å². The highest BCUT2D eigenvalue weighted by Crippen LogP contribution is 2.39. The Morgan fingerprint density at radius 3 is 2.66 bits per heavy atom. The largest absolute Gasteiger partial charge is 0.480 e. The summed E-state index contributed by atoms with van der Waals surface area (Å²) < 4.78 is 12.9. The predicted molar refractivity (Wildman–Crippen MR) is 157 cm³/mol. The molecule has 2 aliphatic rings. The Hall–Kier alpha value is -4.69. The molecule has 1 aliphatic heterocycles. The number of ether oxygens (including phenoxy) is 1. The number of carboxylic acids is 1. The van der Waals surface area contributed by atoms with Crippen molar-refractivity contribution in [3.8, 4) is 0 Å². The Morgan fingerprint density at radius 1 is 1.10 bits per heavy atom. The van der Waals surface area contributed by atoms with Gasteiger partial charge < -0.3 is 24.5 Å². The molecule has 41 heavy (non-hydrogen) atoms. The third kappa shape index (κ3) is 5.38. The molecule has 0 bridgehead atoms. The van der Waals surface area contributed by atoms with Crippen molar-refractivity contribution >= 4 is 34.6 Å². The molecular formula is C33H31N3O5. The van der Waals surface area contributed by atoms with Crippen molar-refractivity contribution in [1.29, 1.82) is 0 Å². The standard InChI is InChI=1S/C33H31N3O5/c1-22(31(38)39)34-27-15-14-24(20-26(27)30(37)23-10-4-2-5-11-23)33(17-8-3-9-18-33)41-25-16-19-36(21-25)32-35-28-12-6-7-13-29(28)40-32/h2-15,17,20,22,25,34H,16,18-19,21H2,1H3,(H,38,39). The summed E-state index contributed by atoms with van der Waals surface area (Å²) in [5.74, 6) is -1.20. The van der Waals surface area contributed by atoms with Crippen LogP contribution in [-0.2, 0) is 15.1 Å². The molecule has 1 saturated heterocycles. The van der Waals surface area contributed by atoms with Crippen LogP contribution in [0, 0.1) is 0 Å². The summed E-state index contributed by atoms with van der Waals surface area (Å²) in [6.07, 6.45) is 9.35. The minimum atomic E-state index is -1.00. The summed E-state index contributed by atoms with van der Waals surface area (Å²) in [7, 11) is 0. The molecule has 0 amide bonds. The maximum Gasteiger partial charge on any atom is 0.325 e. The Labute approximate surface area is 238 Å². The number of carbonyl (C=O) groups excluding carboxylic acids is 1. The fourth-order valence-corrected chi connectivity index (χ4v) is 5.42. The van der Waals surface area contributed by atoms with Crippen molar-refractivity contribution in [3.63, 3.8) is 0 Å². The van der Waals surface area contributed by atoms with E-state index in [-0.39, 0.29) is 11.9 Å². The minimum Gasteiger partial charge on any atom is -0.480 e. The molecule has 2 N–H and O–H groups in total.